The van der Waals surface area contributed by atoms with Gasteiger partial charge in [0.05, 0.1) is 12.1 Å². The van der Waals surface area contributed by atoms with Crippen molar-refractivity contribution >= 4 is 16.0 Å². The van der Waals surface area contributed by atoms with Crippen LogP contribution in [0.3, 0.4) is 0 Å². The van der Waals surface area contributed by atoms with Crippen LogP contribution in [0.1, 0.15) is 46.5 Å². The molecule has 1 fully saturated rings. The Kier molecular flexibility index (Phi) is 8.15. The van der Waals surface area contributed by atoms with E-state index < -0.39 is 21.1 Å². The Hall–Kier alpha value is -1.07. The maximum atomic E-state index is 12.6. The zero-order chi connectivity index (χ0) is 20.0. The van der Waals surface area contributed by atoms with Gasteiger partial charge in [-0.15, -0.1) is 0 Å². The lowest BCUT2D eigenvalue weighted by molar-refractivity contribution is -0.0494. The lowest BCUT2D eigenvalue weighted by atomic mass is 9.98. The molecule has 1 rings (SSSR count). The fraction of sp³-hybridized carbons (Fsp3) is 0.933. The third kappa shape index (κ3) is 5.98. The molecule has 0 amide bonds. The summed E-state index contributed by atoms with van der Waals surface area (Å²) in [6.07, 6.45) is 1.59. The van der Waals surface area contributed by atoms with Gasteiger partial charge >= 0.3 is 15.5 Å². The lowest BCUT2D eigenvalue weighted by Gasteiger charge is -2.32. The summed E-state index contributed by atoms with van der Waals surface area (Å²) in [5.41, 5.74) is -6.17. The molecule has 0 radical (unpaired) electrons. The Bertz CT molecular complexity index is 569. The van der Waals surface area contributed by atoms with Crippen LogP contribution >= 0.6 is 0 Å². The number of sulfonamides is 1. The molecule has 154 valence electrons. The minimum atomic E-state index is -5.27. The second kappa shape index (κ2) is 9.23. The molecule has 0 unspecified atom stereocenters. The van der Waals surface area contributed by atoms with Gasteiger partial charge < -0.3 is 15.7 Å². The van der Waals surface area contributed by atoms with Crippen molar-refractivity contribution in [3.8, 4) is 0 Å². The Morgan fingerprint density at radius 3 is 2.15 bits per heavy atom. The van der Waals surface area contributed by atoms with E-state index >= 15 is 0 Å². The van der Waals surface area contributed by atoms with Crippen molar-refractivity contribution < 1.29 is 26.7 Å². The zero-order valence-electron chi connectivity index (χ0n) is 15.4. The number of guanidine groups is 1. The van der Waals surface area contributed by atoms with Crippen LogP contribution in [0.2, 0.25) is 0 Å². The highest BCUT2D eigenvalue weighted by Gasteiger charge is 2.50. The van der Waals surface area contributed by atoms with Gasteiger partial charge in [0.25, 0.3) is 0 Å². The molecule has 0 saturated carbocycles. The van der Waals surface area contributed by atoms with Crippen LogP contribution in [0, 0.1) is 0 Å². The number of hydrogen-bond donors (Lipinski definition) is 3. The van der Waals surface area contributed by atoms with Gasteiger partial charge in [0.15, 0.2) is 5.96 Å². The fourth-order valence-corrected chi connectivity index (χ4v) is 3.58. The van der Waals surface area contributed by atoms with Crippen LogP contribution in [0.4, 0.5) is 13.2 Å². The molecule has 0 aliphatic carbocycles. The SMILES string of the molecule is CCNC(=NCC(O)(CC)CC)NC1CCN(S(=O)(=O)C(F)(F)F)CC1. The molecule has 0 bridgehead atoms. The van der Waals surface area contributed by atoms with Gasteiger partial charge in [0.1, 0.15) is 0 Å². The van der Waals surface area contributed by atoms with E-state index in [1.165, 1.54) is 0 Å². The van der Waals surface area contributed by atoms with Crippen molar-refractivity contribution in [2.45, 2.75) is 63.6 Å². The first kappa shape index (κ1) is 23.0. The van der Waals surface area contributed by atoms with E-state index in [1.54, 1.807) is 0 Å². The van der Waals surface area contributed by atoms with Crippen molar-refractivity contribution in [3.63, 3.8) is 0 Å². The predicted molar refractivity (Wildman–Crippen MR) is 94.2 cm³/mol. The predicted octanol–water partition coefficient (Wildman–Crippen LogP) is 1.41. The summed E-state index contributed by atoms with van der Waals surface area (Å²) < 4.78 is 61.2. The van der Waals surface area contributed by atoms with Crippen LogP contribution in [-0.2, 0) is 10.0 Å². The molecule has 0 aromatic carbocycles. The average molecular weight is 402 g/mol. The minimum Gasteiger partial charge on any atom is -0.388 e. The Morgan fingerprint density at radius 1 is 1.19 bits per heavy atom. The third-order valence-corrected chi connectivity index (χ3v) is 6.25. The Labute approximate surface area is 153 Å². The van der Waals surface area contributed by atoms with E-state index in [2.05, 4.69) is 15.6 Å². The van der Waals surface area contributed by atoms with Crippen LogP contribution < -0.4 is 10.6 Å². The monoisotopic (exact) mass is 402 g/mol. The lowest BCUT2D eigenvalue weighted by Crippen LogP contribution is -2.52. The normalized spacial score (nSPS) is 18.8. The highest BCUT2D eigenvalue weighted by atomic mass is 32.2. The number of halogens is 3. The van der Waals surface area contributed by atoms with Crippen molar-refractivity contribution in [1.29, 1.82) is 0 Å². The van der Waals surface area contributed by atoms with Gasteiger partial charge in [0.2, 0.25) is 0 Å². The quantitative estimate of drug-likeness (QED) is 0.442. The maximum absolute atomic E-state index is 12.6. The number of rotatable bonds is 7. The highest BCUT2D eigenvalue weighted by Crippen LogP contribution is 2.28. The number of hydrogen-bond acceptors (Lipinski definition) is 4. The van der Waals surface area contributed by atoms with E-state index in [-0.39, 0.29) is 38.5 Å². The van der Waals surface area contributed by atoms with E-state index in [1.807, 2.05) is 20.8 Å². The van der Waals surface area contributed by atoms with Crippen molar-refractivity contribution in [2.24, 2.45) is 4.99 Å². The van der Waals surface area contributed by atoms with Gasteiger partial charge in [-0.1, -0.05) is 13.8 Å². The summed E-state index contributed by atoms with van der Waals surface area (Å²) in [7, 11) is -5.27. The molecule has 7 nitrogen and oxygen atoms in total. The molecule has 0 spiro atoms. The molecule has 3 N–H and O–H groups in total. The third-order valence-electron chi connectivity index (χ3n) is 4.62. The molecule has 1 heterocycles. The van der Waals surface area contributed by atoms with Crippen molar-refractivity contribution in [1.82, 2.24) is 14.9 Å². The summed E-state index contributed by atoms with van der Waals surface area (Å²) in [5, 5.41) is 16.5. The summed E-state index contributed by atoms with van der Waals surface area (Å²) >= 11 is 0. The molecule has 26 heavy (non-hydrogen) atoms. The number of nitrogens with zero attached hydrogens (tertiary/aromatic N) is 2. The molecule has 0 atom stereocenters. The first-order valence-electron chi connectivity index (χ1n) is 8.82. The molecule has 1 saturated heterocycles. The van der Waals surface area contributed by atoms with Crippen molar-refractivity contribution in [2.75, 3.05) is 26.2 Å². The van der Waals surface area contributed by atoms with E-state index in [0.29, 0.717) is 29.7 Å². The van der Waals surface area contributed by atoms with Gasteiger partial charge in [0, 0.05) is 25.7 Å². The number of nitrogens with one attached hydrogen (secondary N) is 2. The van der Waals surface area contributed by atoms with Crippen LogP contribution in [-0.4, -0.2) is 67.1 Å². The van der Waals surface area contributed by atoms with E-state index in [9.17, 15) is 26.7 Å². The minimum absolute atomic E-state index is 0.191. The van der Waals surface area contributed by atoms with Crippen LogP contribution in [0.25, 0.3) is 0 Å². The fourth-order valence-electron chi connectivity index (χ4n) is 2.60. The summed E-state index contributed by atoms with van der Waals surface area (Å²) in [6.45, 7) is 6.01. The summed E-state index contributed by atoms with van der Waals surface area (Å²) in [5.74, 6) is 0.463. The van der Waals surface area contributed by atoms with Gasteiger partial charge in [-0.05, 0) is 32.6 Å². The second-order valence-electron chi connectivity index (χ2n) is 6.40. The van der Waals surface area contributed by atoms with Gasteiger partial charge in [-0.2, -0.15) is 17.5 Å². The summed E-state index contributed by atoms with van der Waals surface area (Å²) in [4.78, 5) is 4.36. The second-order valence-corrected chi connectivity index (χ2v) is 8.32. The molecule has 0 aromatic rings. The molecular weight excluding hydrogens is 373 g/mol. The Morgan fingerprint density at radius 2 is 1.73 bits per heavy atom. The zero-order valence-corrected chi connectivity index (χ0v) is 16.3. The number of piperidine rings is 1. The molecule has 0 aromatic heterocycles. The number of alkyl halides is 3. The smallest absolute Gasteiger partial charge is 0.388 e. The first-order valence-corrected chi connectivity index (χ1v) is 10.3. The first-order chi connectivity index (χ1) is 12.0. The van der Waals surface area contributed by atoms with E-state index in [4.69, 9.17) is 0 Å². The topological polar surface area (TPSA) is 94.0 Å². The average Bonchev–Trinajstić information content (AvgIpc) is 2.59. The van der Waals surface area contributed by atoms with E-state index in [0.717, 1.165) is 0 Å². The maximum Gasteiger partial charge on any atom is 0.511 e. The van der Waals surface area contributed by atoms with Gasteiger partial charge in [-0.25, -0.2) is 8.42 Å². The molecule has 1 aliphatic rings. The van der Waals surface area contributed by atoms with Crippen LogP contribution in [0.5, 0.6) is 0 Å². The van der Waals surface area contributed by atoms with Crippen molar-refractivity contribution in [3.05, 3.63) is 0 Å². The standard InChI is InChI=1S/C15H29F3N4O3S/c1-4-14(23,5-2)11-20-13(19-6-3)21-12-7-9-22(10-8-12)26(24,25)15(16,17)18/h12,23H,4-11H2,1-3H3,(H2,19,20,21). The number of aliphatic imine (C=N–C) groups is 1. The molecule has 11 heteroatoms. The van der Waals surface area contributed by atoms with Crippen LogP contribution in [0.15, 0.2) is 4.99 Å². The summed E-state index contributed by atoms with van der Waals surface area (Å²) in [6, 6.07) is -0.191. The van der Waals surface area contributed by atoms with Gasteiger partial charge in [-0.3, -0.25) is 4.99 Å². The number of aliphatic hydroxyl groups is 1. The largest absolute Gasteiger partial charge is 0.511 e. The highest BCUT2D eigenvalue weighted by molar-refractivity contribution is 7.90. The Balaban J connectivity index is 2.68. The molecule has 1 aliphatic heterocycles. The molecular formula is C15H29F3N4O3S.